The Kier molecular flexibility index (Phi) is 10.1. The van der Waals surface area contributed by atoms with Gasteiger partial charge in [-0.2, -0.15) is 0 Å². The predicted octanol–water partition coefficient (Wildman–Crippen LogP) is 5.47. The van der Waals surface area contributed by atoms with E-state index in [1.807, 2.05) is 62.4 Å². The maximum absolute atomic E-state index is 11.5. The zero-order chi connectivity index (χ0) is 24.9. The summed E-state index contributed by atoms with van der Waals surface area (Å²) in [5.41, 5.74) is 4.08. The van der Waals surface area contributed by atoms with Gasteiger partial charge >= 0.3 is 12.2 Å². The molecule has 3 rings (SSSR count). The lowest BCUT2D eigenvalue weighted by atomic mass is 10.2. The van der Waals surface area contributed by atoms with Gasteiger partial charge in [0, 0.05) is 19.2 Å². The quantitative estimate of drug-likeness (QED) is 0.221. The summed E-state index contributed by atoms with van der Waals surface area (Å²) >= 11 is 0. The van der Waals surface area contributed by atoms with Crippen LogP contribution in [0.2, 0.25) is 0 Å². The van der Waals surface area contributed by atoms with Crippen LogP contribution in [-0.2, 0) is 22.7 Å². The molecule has 0 aliphatic carbocycles. The Balaban J connectivity index is 0.000000270. The van der Waals surface area contributed by atoms with Crippen LogP contribution in [0.15, 0.2) is 72.8 Å². The third-order valence-corrected chi connectivity index (χ3v) is 4.42. The van der Waals surface area contributed by atoms with Crippen LogP contribution < -0.4 is 10.1 Å². The fraction of sp³-hybridized carbons (Fsp3) is 0.200. The van der Waals surface area contributed by atoms with Gasteiger partial charge in [0.1, 0.15) is 19.0 Å². The predicted molar refractivity (Wildman–Crippen MR) is 126 cm³/mol. The first-order valence-corrected chi connectivity index (χ1v) is 10.3. The van der Waals surface area contributed by atoms with Crippen molar-refractivity contribution in [3.05, 3.63) is 105 Å². The molecule has 0 atom stereocenters. The highest BCUT2D eigenvalue weighted by Crippen LogP contribution is 2.18. The lowest BCUT2D eigenvalue weighted by molar-refractivity contribution is -0.384. The van der Waals surface area contributed by atoms with Gasteiger partial charge < -0.3 is 19.5 Å². The number of non-ortho nitro benzene ring substituents is 1. The number of nitro benzene ring substituents is 1. The SMILES string of the molecule is CNC(=O)OCc1ccc(C)cc1.Cc1ccc(COC(=O)Oc2ccc([N+](=O)[O-])cc2)cc1. The van der Waals surface area contributed by atoms with E-state index in [-0.39, 0.29) is 18.0 Å². The summed E-state index contributed by atoms with van der Waals surface area (Å²) in [6.07, 6.45) is -1.26. The van der Waals surface area contributed by atoms with Crippen LogP contribution in [0.4, 0.5) is 15.3 Å². The Labute approximate surface area is 197 Å². The molecule has 0 aliphatic rings. The van der Waals surface area contributed by atoms with E-state index >= 15 is 0 Å². The molecule has 1 amide bonds. The Morgan fingerprint density at radius 3 is 1.71 bits per heavy atom. The number of ether oxygens (including phenoxy) is 3. The van der Waals surface area contributed by atoms with Crippen LogP contribution in [-0.4, -0.2) is 24.2 Å². The van der Waals surface area contributed by atoms with E-state index in [1.54, 1.807) is 0 Å². The van der Waals surface area contributed by atoms with Crippen molar-refractivity contribution in [1.29, 1.82) is 0 Å². The minimum Gasteiger partial charge on any atom is -0.445 e. The molecule has 0 heterocycles. The number of rotatable bonds is 6. The average Bonchev–Trinajstić information content (AvgIpc) is 2.84. The number of hydrogen-bond acceptors (Lipinski definition) is 7. The van der Waals surface area contributed by atoms with Gasteiger partial charge in [-0.15, -0.1) is 0 Å². The second kappa shape index (κ2) is 13.2. The van der Waals surface area contributed by atoms with Gasteiger partial charge in [-0.3, -0.25) is 10.1 Å². The summed E-state index contributed by atoms with van der Waals surface area (Å²) in [5.74, 6) is 0.189. The van der Waals surface area contributed by atoms with Crippen molar-refractivity contribution in [3.63, 3.8) is 0 Å². The molecule has 0 spiro atoms. The summed E-state index contributed by atoms with van der Waals surface area (Å²) in [7, 11) is 1.54. The summed E-state index contributed by atoms with van der Waals surface area (Å²) in [6, 6.07) is 20.6. The van der Waals surface area contributed by atoms with Crippen LogP contribution in [0.3, 0.4) is 0 Å². The second-order valence-electron chi connectivity index (χ2n) is 7.19. The Morgan fingerprint density at radius 1 is 0.794 bits per heavy atom. The van der Waals surface area contributed by atoms with Crippen molar-refractivity contribution in [2.24, 2.45) is 0 Å². The molecule has 3 aromatic carbocycles. The van der Waals surface area contributed by atoms with Crippen molar-refractivity contribution in [3.8, 4) is 5.75 Å². The molecule has 0 unspecified atom stereocenters. The average molecular weight is 466 g/mol. The topological polar surface area (TPSA) is 117 Å². The van der Waals surface area contributed by atoms with Crippen molar-refractivity contribution in [1.82, 2.24) is 5.32 Å². The largest absolute Gasteiger partial charge is 0.514 e. The molecule has 0 saturated carbocycles. The number of nitro groups is 1. The van der Waals surface area contributed by atoms with Crippen molar-refractivity contribution in [2.75, 3.05) is 7.05 Å². The van der Waals surface area contributed by atoms with Gasteiger partial charge in [0.05, 0.1) is 4.92 Å². The first-order chi connectivity index (χ1) is 16.3. The van der Waals surface area contributed by atoms with Gasteiger partial charge in [-0.25, -0.2) is 9.59 Å². The fourth-order valence-corrected chi connectivity index (χ4v) is 2.49. The summed E-state index contributed by atoms with van der Waals surface area (Å²) in [5, 5.41) is 12.9. The van der Waals surface area contributed by atoms with E-state index in [0.717, 1.165) is 16.7 Å². The molecule has 0 radical (unpaired) electrons. The molecule has 178 valence electrons. The standard InChI is InChI=1S/C15H13NO5.C10H13NO2/c1-11-2-4-12(5-3-11)10-20-15(17)21-14-8-6-13(7-9-14)16(18)19;1-8-3-5-9(6-4-8)7-13-10(12)11-2/h2-9H,10H2,1H3;3-6H,7H2,1-2H3,(H,11,12). The van der Waals surface area contributed by atoms with E-state index in [9.17, 15) is 19.7 Å². The molecule has 0 aliphatic heterocycles. The Bertz CT molecular complexity index is 1080. The van der Waals surface area contributed by atoms with Crippen LogP contribution in [0.1, 0.15) is 22.3 Å². The molecular weight excluding hydrogens is 440 g/mol. The van der Waals surface area contributed by atoms with Crippen molar-refractivity contribution < 1.29 is 28.7 Å². The van der Waals surface area contributed by atoms with E-state index < -0.39 is 17.2 Å². The zero-order valence-electron chi connectivity index (χ0n) is 19.1. The number of aryl methyl sites for hydroxylation is 2. The second-order valence-corrected chi connectivity index (χ2v) is 7.19. The van der Waals surface area contributed by atoms with Gasteiger partial charge in [0.25, 0.3) is 5.69 Å². The molecule has 3 aromatic rings. The van der Waals surface area contributed by atoms with Crippen molar-refractivity contribution in [2.45, 2.75) is 27.1 Å². The van der Waals surface area contributed by atoms with Gasteiger partial charge in [-0.1, -0.05) is 59.7 Å². The third-order valence-electron chi connectivity index (χ3n) is 4.42. The number of carbonyl (C=O) groups excluding carboxylic acids is 2. The number of carbonyl (C=O) groups is 2. The normalized spacial score (nSPS) is 9.74. The van der Waals surface area contributed by atoms with Crippen molar-refractivity contribution >= 4 is 17.9 Å². The first kappa shape index (κ1) is 25.9. The number of hydrogen-bond donors (Lipinski definition) is 1. The monoisotopic (exact) mass is 466 g/mol. The highest BCUT2D eigenvalue weighted by molar-refractivity contribution is 5.66. The third kappa shape index (κ3) is 9.39. The van der Waals surface area contributed by atoms with Crippen LogP contribution in [0.5, 0.6) is 5.75 Å². The molecule has 0 bridgehead atoms. The molecule has 0 aromatic heterocycles. The highest BCUT2D eigenvalue weighted by atomic mass is 16.7. The lowest BCUT2D eigenvalue weighted by Gasteiger charge is -2.06. The molecular formula is C25H26N2O7. The summed E-state index contributed by atoms with van der Waals surface area (Å²) < 4.78 is 14.7. The van der Waals surface area contributed by atoms with Crippen LogP contribution in [0, 0.1) is 24.0 Å². The number of amides is 1. The van der Waals surface area contributed by atoms with Crippen LogP contribution >= 0.6 is 0 Å². The summed E-state index contributed by atoms with van der Waals surface area (Å²) in [4.78, 5) is 32.2. The molecule has 9 nitrogen and oxygen atoms in total. The zero-order valence-corrected chi connectivity index (χ0v) is 19.1. The number of nitrogens with one attached hydrogen (secondary N) is 1. The minimum atomic E-state index is -0.857. The molecule has 0 saturated heterocycles. The highest BCUT2D eigenvalue weighted by Gasteiger charge is 2.09. The molecule has 34 heavy (non-hydrogen) atoms. The number of nitrogens with zero attached hydrogens (tertiary/aromatic N) is 1. The molecule has 1 N–H and O–H groups in total. The van der Waals surface area contributed by atoms with E-state index in [0.29, 0.717) is 6.61 Å². The Morgan fingerprint density at radius 2 is 1.26 bits per heavy atom. The van der Waals surface area contributed by atoms with Gasteiger partial charge in [-0.05, 0) is 37.1 Å². The van der Waals surface area contributed by atoms with E-state index in [4.69, 9.17) is 14.2 Å². The number of benzene rings is 3. The fourth-order valence-electron chi connectivity index (χ4n) is 2.49. The maximum Gasteiger partial charge on any atom is 0.514 e. The molecule has 9 heteroatoms. The maximum atomic E-state index is 11.5. The van der Waals surface area contributed by atoms with Gasteiger partial charge in [0.15, 0.2) is 0 Å². The minimum absolute atomic E-state index is 0.0737. The van der Waals surface area contributed by atoms with E-state index in [2.05, 4.69) is 5.32 Å². The summed E-state index contributed by atoms with van der Waals surface area (Å²) in [6.45, 7) is 4.41. The lowest BCUT2D eigenvalue weighted by Crippen LogP contribution is -2.18. The smallest absolute Gasteiger partial charge is 0.445 e. The first-order valence-electron chi connectivity index (χ1n) is 10.3. The van der Waals surface area contributed by atoms with Crippen LogP contribution in [0.25, 0.3) is 0 Å². The Hall–Kier alpha value is -4.40. The van der Waals surface area contributed by atoms with Gasteiger partial charge in [0.2, 0.25) is 0 Å². The number of alkyl carbamates (subject to hydrolysis) is 1. The van der Waals surface area contributed by atoms with E-state index in [1.165, 1.54) is 36.9 Å². The molecule has 0 fully saturated rings.